The van der Waals surface area contributed by atoms with Crippen molar-refractivity contribution in [2.75, 3.05) is 0 Å². The standard InChI is InChI=1S/C32H44N2.2CH3.Ni/c1-6-9-12-14-26-17-24(4)19-29(21-26)31-23-28(16-11-8-3)32(34(31)33)30-20-25(5)18-27(22-30)15-13-10-7-2;;;/h17-23H,6-16H2,1-5H3;2*1H3;/q;2*-1;+2. The molecule has 0 radical (unpaired) electrons. The molecule has 1 aliphatic heterocycles. The minimum atomic E-state index is 0. The number of nitrogens with zero attached hydrogens (tertiary/aromatic N) is 2. The monoisotopic (exact) mass is 544 g/mol. The molecule has 2 nitrogen and oxygen atoms in total. The largest absolute Gasteiger partial charge is 2.00 e. The summed E-state index contributed by atoms with van der Waals surface area (Å²) in [6, 6.07) is 13.6. The topological polar surface area (TPSA) is 25.3 Å². The van der Waals surface area contributed by atoms with Crippen molar-refractivity contribution in [2.24, 2.45) is 0 Å². The van der Waals surface area contributed by atoms with Gasteiger partial charge in [0.1, 0.15) is 0 Å². The minimum Gasteiger partial charge on any atom is -0.493 e. The molecule has 0 bridgehead atoms. The summed E-state index contributed by atoms with van der Waals surface area (Å²) in [5.41, 5.74) is 22.2. The van der Waals surface area contributed by atoms with Gasteiger partial charge < -0.3 is 20.4 Å². The van der Waals surface area contributed by atoms with Crippen LogP contribution in [0.2, 0.25) is 0 Å². The number of hydrogen-bond donors (Lipinski definition) is 0. The first-order chi connectivity index (χ1) is 16.5. The van der Waals surface area contributed by atoms with Gasteiger partial charge in [-0.1, -0.05) is 76.1 Å². The second-order valence-corrected chi connectivity index (χ2v) is 10.1. The maximum Gasteiger partial charge on any atom is 2.00 e. The van der Waals surface area contributed by atoms with Crippen LogP contribution < -0.4 is 0 Å². The zero-order valence-electron chi connectivity index (χ0n) is 24.5. The van der Waals surface area contributed by atoms with Gasteiger partial charge in [-0.3, -0.25) is 0 Å². The maximum absolute atomic E-state index is 11.5. The van der Waals surface area contributed by atoms with Crippen molar-refractivity contribution in [1.29, 1.82) is 0 Å². The number of hydrogen-bond acceptors (Lipinski definition) is 0. The van der Waals surface area contributed by atoms with Crippen LogP contribution in [0.1, 0.15) is 112 Å². The molecule has 0 aliphatic carbocycles. The third-order valence-electron chi connectivity index (χ3n) is 6.84. The fourth-order valence-electron chi connectivity index (χ4n) is 5.08. The number of aryl methyl sites for hydroxylation is 4. The Labute approximate surface area is 239 Å². The Kier molecular flexibility index (Phi) is 16.6. The quantitative estimate of drug-likeness (QED) is 0.104. The van der Waals surface area contributed by atoms with Gasteiger partial charge in [-0.05, 0) is 87.8 Å². The van der Waals surface area contributed by atoms with Gasteiger partial charge in [0.25, 0.3) is 0 Å². The number of allylic oxidation sites excluding steroid dienone is 2. The van der Waals surface area contributed by atoms with Crippen molar-refractivity contribution < 1.29 is 21.2 Å². The van der Waals surface area contributed by atoms with Crippen molar-refractivity contribution in [2.45, 2.75) is 105 Å². The second-order valence-electron chi connectivity index (χ2n) is 10.1. The molecule has 0 aromatic heterocycles. The number of rotatable bonds is 13. The molecular weight excluding hydrogens is 495 g/mol. The predicted molar refractivity (Wildman–Crippen MR) is 160 cm³/mol. The van der Waals surface area contributed by atoms with Gasteiger partial charge in [0.15, 0.2) is 0 Å². The summed E-state index contributed by atoms with van der Waals surface area (Å²) in [5.74, 6) is 0. The van der Waals surface area contributed by atoms with Crippen LogP contribution in [0.25, 0.3) is 16.9 Å². The molecule has 0 amide bonds. The molecule has 0 unspecified atom stereocenters. The first kappa shape index (κ1) is 35.0. The van der Waals surface area contributed by atoms with Gasteiger partial charge in [-0.25, -0.2) is 4.70 Å². The number of benzene rings is 2. The summed E-state index contributed by atoms with van der Waals surface area (Å²) in [4.78, 5) is 0. The van der Waals surface area contributed by atoms with Gasteiger partial charge in [0, 0.05) is 22.8 Å². The van der Waals surface area contributed by atoms with E-state index in [4.69, 9.17) is 0 Å². The molecule has 3 heteroatoms. The minimum absolute atomic E-state index is 0. The SMILES string of the molecule is CCCCCc1cc(C)cc(C2=CC(CCCC)=C(c3cc(C)cc(CCCCC)c3)[N+]2=[N-])c1.[CH3-].[CH3-].[Ni+2]. The van der Waals surface area contributed by atoms with E-state index in [-0.39, 0.29) is 31.3 Å². The van der Waals surface area contributed by atoms with Gasteiger partial charge >= 0.3 is 16.5 Å². The molecule has 0 saturated heterocycles. The van der Waals surface area contributed by atoms with Crippen LogP contribution in [-0.4, -0.2) is 4.70 Å². The van der Waals surface area contributed by atoms with Gasteiger partial charge in [-0.15, -0.1) is 0 Å². The first-order valence-electron chi connectivity index (χ1n) is 13.6. The Morgan fingerprint density at radius 2 is 1.11 bits per heavy atom. The third kappa shape index (κ3) is 9.68. The van der Waals surface area contributed by atoms with Crippen LogP contribution in [0.3, 0.4) is 0 Å². The molecule has 1 aliphatic rings. The van der Waals surface area contributed by atoms with E-state index in [1.165, 1.54) is 71.0 Å². The molecule has 2 aromatic carbocycles. The fraction of sp³-hybridized carbons (Fsp3) is 0.471. The average Bonchev–Trinajstić information content (AvgIpc) is 3.13. The molecule has 0 saturated carbocycles. The zero-order chi connectivity index (χ0) is 24.5. The third-order valence-corrected chi connectivity index (χ3v) is 6.84. The maximum atomic E-state index is 11.5. The van der Waals surface area contributed by atoms with Crippen LogP contribution in [0, 0.1) is 28.7 Å². The Hall–Kier alpha value is -1.99. The van der Waals surface area contributed by atoms with Crippen LogP contribution in [0.4, 0.5) is 0 Å². The Balaban J connectivity index is 0.00000432. The molecule has 3 rings (SSSR count). The average molecular weight is 545 g/mol. The Morgan fingerprint density at radius 1 is 0.622 bits per heavy atom. The molecule has 2 aromatic rings. The van der Waals surface area contributed by atoms with Crippen molar-refractivity contribution in [1.82, 2.24) is 0 Å². The normalized spacial score (nSPS) is 12.6. The van der Waals surface area contributed by atoms with Crippen LogP contribution in [-0.2, 0) is 29.3 Å². The summed E-state index contributed by atoms with van der Waals surface area (Å²) < 4.78 is 1.47. The zero-order valence-corrected chi connectivity index (χ0v) is 25.5. The van der Waals surface area contributed by atoms with E-state index in [9.17, 15) is 5.53 Å². The molecule has 0 fully saturated rings. The number of unbranched alkanes of at least 4 members (excludes halogenated alkanes) is 5. The molecule has 0 atom stereocenters. The molecule has 1 heterocycles. The van der Waals surface area contributed by atoms with E-state index >= 15 is 0 Å². The molecule has 37 heavy (non-hydrogen) atoms. The summed E-state index contributed by atoms with van der Waals surface area (Å²) >= 11 is 0. The van der Waals surface area contributed by atoms with Crippen LogP contribution in [0.15, 0.2) is 48.0 Å². The van der Waals surface area contributed by atoms with Gasteiger partial charge in [0.05, 0.1) is 0 Å². The molecule has 206 valence electrons. The summed E-state index contributed by atoms with van der Waals surface area (Å²) in [6.07, 6.45) is 15.1. The molecule has 0 N–H and O–H groups in total. The second kappa shape index (κ2) is 17.5. The first-order valence-corrected chi connectivity index (χ1v) is 13.6. The van der Waals surface area contributed by atoms with Crippen molar-refractivity contribution in [3.8, 4) is 0 Å². The summed E-state index contributed by atoms with van der Waals surface area (Å²) in [7, 11) is 0. The molecule has 0 spiro atoms. The van der Waals surface area contributed by atoms with Gasteiger partial charge in [0.2, 0.25) is 11.4 Å². The molecular formula is C34H50N2Ni. The van der Waals surface area contributed by atoms with Crippen molar-refractivity contribution >= 4 is 11.4 Å². The van der Waals surface area contributed by atoms with Crippen LogP contribution >= 0.6 is 0 Å². The van der Waals surface area contributed by atoms with Crippen molar-refractivity contribution in [3.63, 3.8) is 0 Å². The fourth-order valence-corrected chi connectivity index (χ4v) is 5.08. The van der Waals surface area contributed by atoms with Gasteiger partial charge in [-0.2, -0.15) is 0 Å². The summed E-state index contributed by atoms with van der Waals surface area (Å²) in [5, 5.41) is 0. The smallest absolute Gasteiger partial charge is 0.493 e. The Bertz CT molecular complexity index is 1060. The van der Waals surface area contributed by atoms with E-state index in [0.29, 0.717) is 0 Å². The van der Waals surface area contributed by atoms with E-state index in [0.717, 1.165) is 54.6 Å². The van der Waals surface area contributed by atoms with E-state index in [2.05, 4.69) is 77.1 Å². The Morgan fingerprint density at radius 3 is 1.62 bits per heavy atom. The van der Waals surface area contributed by atoms with E-state index < -0.39 is 0 Å². The predicted octanol–water partition coefficient (Wildman–Crippen LogP) is 10.7. The van der Waals surface area contributed by atoms with E-state index in [1.54, 1.807) is 0 Å². The van der Waals surface area contributed by atoms with Crippen LogP contribution in [0.5, 0.6) is 0 Å². The summed E-state index contributed by atoms with van der Waals surface area (Å²) in [6.45, 7) is 11.1. The van der Waals surface area contributed by atoms with E-state index in [1.807, 2.05) is 0 Å². The van der Waals surface area contributed by atoms with Crippen molar-refractivity contribution in [3.05, 3.63) is 102 Å².